The van der Waals surface area contributed by atoms with Gasteiger partial charge in [0.25, 0.3) is 5.91 Å². The van der Waals surface area contributed by atoms with Gasteiger partial charge in [0, 0.05) is 11.3 Å². The third-order valence-electron chi connectivity index (χ3n) is 4.78. The average Bonchev–Trinajstić information content (AvgIpc) is 3.01. The molecule has 1 N–H and O–H groups in total. The van der Waals surface area contributed by atoms with E-state index in [1.807, 2.05) is 48.9 Å². The number of hydrazone groups is 1. The van der Waals surface area contributed by atoms with Gasteiger partial charge in [-0.3, -0.25) is 9.48 Å². The Morgan fingerprint density at radius 1 is 1.17 bits per heavy atom. The number of nitrogens with zero attached hydrogens (tertiary/aromatic N) is 3. The predicted octanol–water partition coefficient (Wildman–Crippen LogP) is 2.84. The van der Waals surface area contributed by atoms with Crippen LogP contribution in [0.25, 0.3) is 0 Å². The molecule has 1 atom stereocenters. The lowest BCUT2D eigenvalue weighted by molar-refractivity contribution is -0.130. The second-order valence-electron chi connectivity index (χ2n) is 6.83. The number of amides is 1. The monoisotopic (exact) mass is 390 g/mol. The molecule has 0 spiro atoms. The van der Waals surface area contributed by atoms with Crippen LogP contribution in [0.15, 0.2) is 59.7 Å². The molecule has 0 fully saturated rings. The Morgan fingerprint density at radius 2 is 1.90 bits per heavy atom. The summed E-state index contributed by atoms with van der Waals surface area (Å²) in [6.45, 7) is 4.74. The third kappa shape index (κ3) is 4.13. The van der Waals surface area contributed by atoms with Gasteiger partial charge in [-0.1, -0.05) is 42.5 Å². The van der Waals surface area contributed by atoms with E-state index in [0.29, 0.717) is 18.0 Å². The predicted molar refractivity (Wildman–Crippen MR) is 109 cm³/mol. The molecule has 0 bridgehead atoms. The minimum absolute atomic E-state index is 0.144. The first-order chi connectivity index (χ1) is 14.1. The smallest absolute Gasteiger partial charge is 0.284 e. The number of rotatable bonds is 5. The number of carbonyl (C=O) groups excluding carboxylic acids is 1. The number of carbonyl (C=O) groups is 1. The highest BCUT2D eigenvalue weighted by atomic mass is 16.6. The van der Waals surface area contributed by atoms with E-state index in [0.717, 1.165) is 17.0 Å². The van der Waals surface area contributed by atoms with Crippen molar-refractivity contribution in [2.45, 2.75) is 26.5 Å². The summed E-state index contributed by atoms with van der Waals surface area (Å²) < 4.78 is 13.2. The van der Waals surface area contributed by atoms with Crippen LogP contribution in [0.3, 0.4) is 0 Å². The number of benzene rings is 2. The Kier molecular flexibility index (Phi) is 5.29. The molecule has 0 radical (unpaired) electrons. The van der Waals surface area contributed by atoms with E-state index in [1.165, 1.54) is 5.56 Å². The number of hydrogen-bond donors (Lipinski definition) is 1. The molecule has 1 aliphatic heterocycles. The Hall–Kier alpha value is -3.61. The van der Waals surface area contributed by atoms with Crippen LogP contribution in [-0.2, 0) is 11.3 Å². The average molecular weight is 390 g/mol. The van der Waals surface area contributed by atoms with Crippen LogP contribution < -0.4 is 14.9 Å². The van der Waals surface area contributed by atoms with Crippen molar-refractivity contribution in [2.24, 2.45) is 5.10 Å². The Balaban J connectivity index is 1.40. The van der Waals surface area contributed by atoms with Crippen molar-refractivity contribution < 1.29 is 14.3 Å². The second kappa shape index (κ2) is 8.18. The van der Waals surface area contributed by atoms with Crippen molar-refractivity contribution in [1.82, 2.24) is 15.2 Å². The van der Waals surface area contributed by atoms with Crippen molar-refractivity contribution >= 4 is 12.1 Å². The van der Waals surface area contributed by atoms with Crippen LogP contribution in [0, 0.1) is 13.8 Å². The number of aromatic nitrogens is 2. The molecular formula is C22H22N4O3. The highest BCUT2D eigenvalue weighted by Gasteiger charge is 2.27. The molecule has 0 saturated heterocycles. The summed E-state index contributed by atoms with van der Waals surface area (Å²) in [4.78, 5) is 12.4. The normalized spacial score (nSPS) is 15.4. The molecule has 0 aliphatic carbocycles. The number of para-hydroxylation sites is 2. The van der Waals surface area contributed by atoms with E-state index in [4.69, 9.17) is 9.47 Å². The van der Waals surface area contributed by atoms with E-state index < -0.39 is 6.10 Å². The van der Waals surface area contributed by atoms with Gasteiger partial charge in [-0.05, 0) is 31.5 Å². The van der Waals surface area contributed by atoms with Crippen LogP contribution in [0.1, 0.15) is 22.5 Å². The molecule has 148 valence electrons. The lowest BCUT2D eigenvalue weighted by atomic mass is 10.2. The maximum Gasteiger partial charge on any atom is 0.284 e. The fraction of sp³-hybridized carbons (Fsp3) is 0.227. The van der Waals surface area contributed by atoms with Gasteiger partial charge < -0.3 is 9.47 Å². The van der Waals surface area contributed by atoms with E-state index in [9.17, 15) is 4.79 Å². The Morgan fingerprint density at radius 3 is 2.69 bits per heavy atom. The van der Waals surface area contributed by atoms with Crippen LogP contribution in [0.4, 0.5) is 0 Å². The zero-order valence-corrected chi connectivity index (χ0v) is 16.3. The van der Waals surface area contributed by atoms with Crippen molar-refractivity contribution in [1.29, 1.82) is 0 Å². The largest absolute Gasteiger partial charge is 0.485 e. The topological polar surface area (TPSA) is 77.7 Å². The third-order valence-corrected chi connectivity index (χ3v) is 4.78. The van der Waals surface area contributed by atoms with Gasteiger partial charge in [-0.25, -0.2) is 5.43 Å². The molecule has 1 aromatic heterocycles. The Bertz CT molecular complexity index is 1040. The number of nitrogens with one attached hydrogen (secondary N) is 1. The maximum absolute atomic E-state index is 12.4. The highest BCUT2D eigenvalue weighted by molar-refractivity contribution is 5.86. The molecule has 0 saturated carbocycles. The summed E-state index contributed by atoms with van der Waals surface area (Å²) in [7, 11) is 0. The fourth-order valence-electron chi connectivity index (χ4n) is 3.19. The first-order valence-electron chi connectivity index (χ1n) is 9.41. The molecule has 7 heteroatoms. The summed E-state index contributed by atoms with van der Waals surface area (Å²) >= 11 is 0. The first kappa shape index (κ1) is 18.7. The molecule has 1 amide bonds. The van der Waals surface area contributed by atoms with Gasteiger partial charge >= 0.3 is 0 Å². The van der Waals surface area contributed by atoms with Crippen molar-refractivity contribution in [3.8, 4) is 11.5 Å². The lowest BCUT2D eigenvalue weighted by Gasteiger charge is -2.24. The van der Waals surface area contributed by atoms with Crippen molar-refractivity contribution in [2.75, 3.05) is 6.61 Å². The number of aryl methyl sites for hydroxylation is 1. The fourth-order valence-corrected chi connectivity index (χ4v) is 3.19. The maximum atomic E-state index is 12.4. The van der Waals surface area contributed by atoms with Gasteiger partial charge in [-0.15, -0.1) is 0 Å². The van der Waals surface area contributed by atoms with Crippen molar-refractivity contribution in [3.05, 3.63) is 77.1 Å². The van der Waals surface area contributed by atoms with Crippen LogP contribution >= 0.6 is 0 Å². The Labute approximate surface area is 169 Å². The summed E-state index contributed by atoms with van der Waals surface area (Å²) in [6, 6.07) is 17.4. The van der Waals surface area contributed by atoms with E-state index in [1.54, 1.807) is 18.3 Å². The van der Waals surface area contributed by atoms with Gasteiger partial charge in [0.2, 0.25) is 6.10 Å². The van der Waals surface area contributed by atoms with E-state index in [-0.39, 0.29) is 12.5 Å². The molecular weight excluding hydrogens is 368 g/mol. The van der Waals surface area contributed by atoms with Crippen LogP contribution in [0.2, 0.25) is 0 Å². The minimum Gasteiger partial charge on any atom is -0.485 e. The molecule has 4 rings (SSSR count). The quantitative estimate of drug-likeness (QED) is 0.537. The number of hydrogen-bond acceptors (Lipinski definition) is 5. The van der Waals surface area contributed by atoms with Gasteiger partial charge in [0.05, 0.1) is 18.5 Å². The highest BCUT2D eigenvalue weighted by Crippen LogP contribution is 2.30. The van der Waals surface area contributed by atoms with Gasteiger partial charge in [0.15, 0.2) is 11.5 Å². The van der Waals surface area contributed by atoms with E-state index in [2.05, 4.69) is 27.8 Å². The van der Waals surface area contributed by atoms with Crippen molar-refractivity contribution in [3.63, 3.8) is 0 Å². The summed E-state index contributed by atoms with van der Waals surface area (Å²) in [5.74, 6) is 0.830. The zero-order chi connectivity index (χ0) is 20.2. The van der Waals surface area contributed by atoms with Gasteiger partial charge in [-0.2, -0.15) is 10.2 Å². The van der Waals surface area contributed by atoms with Gasteiger partial charge in [0.1, 0.15) is 6.61 Å². The molecule has 1 unspecified atom stereocenters. The minimum atomic E-state index is -0.745. The zero-order valence-electron chi connectivity index (χ0n) is 16.3. The number of fused-ring (bicyclic) bond motifs is 1. The van der Waals surface area contributed by atoms with E-state index >= 15 is 0 Å². The summed E-state index contributed by atoms with van der Waals surface area (Å²) in [6.07, 6.45) is 0.874. The molecule has 29 heavy (non-hydrogen) atoms. The molecule has 1 aliphatic rings. The molecule has 3 aromatic rings. The SMILES string of the molecule is Cc1nn(Cc2ccccc2)c(C)c1/C=N/NC(=O)C1COc2ccccc2O1. The molecule has 2 aromatic carbocycles. The van der Waals surface area contributed by atoms with Crippen LogP contribution in [-0.4, -0.2) is 34.6 Å². The standard InChI is InChI=1S/C22H22N4O3/c1-15-18(16(2)26(25-15)13-17-8-4-3-5-9-17)12-23-24-22(27)21-14-28-19-10-6-7-11-20(19)29-21/h3-12,21H,13-14H2,1-2H3,(H,24,27)/b23-12+. The summed E-state index contributed by atoms with van der Waals surface area (Å²) in [5.41, 5.74) is 6.42. The molecule has 7 nitrogen and oxygen atoms in total. The number of ether oxygens (including phenoxy) is 2. The first-order valence-corrected chi connectivity index (χ1v) is 9.41. The molecule has 2 heterocycles. The summed E-state index contributed by atoms with van der Waals surface area (Å²) in [5, 5.41) is 8.69. The lowest BCUT2D eigenvalue weighted by Crippen LogP contribution is -2.42. The van der Waals surface area contributed by atoms with Crippen LogP contribution in [0.5, 0.6) is 11.5 Å². The second-order valence-corrected chi connectivity index (χ2v) is 6.83.